The minimum absolute atomic E-state index is 0.0396. The Morgan fingerprint density at radius 2 is 2.00 bits per heavy atom. The molecule has 0 spiro atoms. The third kappa shape index (κ3) is 1.87. The van der Waals surface area contributed by atoms with Crippen LogP contribution in [0, 0.1) is 5.82 Å². The summed E-state index contributed by atoms with van der Waals surface area (Å²) in [6, 6.07) is 3.15. The van der Waals surface area contributed by atoms with Crippen molar-refractivity contribution in [2.45, 2.75) is 12.2 Å². The molecule has 0 amide bonds. The summed E-state index contributed by atoms with van der Waals surface area (Å²) >= 11 is 15.3. The van der Waals surface area contributed by atoms with Crippen molar-refractivity contribution >= 4 is 35.8 Å². The zero-order valence-electron chi connectivity index (χ0n) is 6.31. The second-order valence-corrected chi connectivity index (χ2v) is 4.00. The summed E-state index contributed by atoms with van der Waals surface area (Å²) in [6.45, 7) is 1.82. The van der Waals surface area contributed by atoms with E-state index in [1.54, 1.807) is 6.07 Å². The first kappa shape index (κ1) is 10.2. The van der Waals surface area contributed by atoms with Crippen LogP contribution >= 0.6 is 35.8 Å². The van der Waals surface area contributed by atoms with Crippen LogP contribution in [0.1, 0.15) is 17.7 Å². The van der Waals surface area contributed by atoms with Crippen molar-refractivity contribution in [1.29, 1.82) is 0 Å². The summed E-state index contributed by atoms with van der Waals surface area (Å²) in [4.78, 5) is 0. The van der Waals surface area contributed by atoms with Crippen molar-refractivity contribution in [3.05, 3.63) is 33.6 Å². The third-order valence-corrected chi connectivity index (χ3v) is 2.47. The van der Waals surface area contributed by atoms with Crippen molar-refractivity contribution in [1.82, 2.24) is 0 Å². The molecule has 1 atom stereocenters. The number of thiol groups is 1. The maximum atomic E-state index is 13.1. The molecule has 1 aromatic rings. The topological polar surface area (TPSA) is 0 Å². The Hall–Kier alpha value is 0.0800. The van der Waals surface area contributed by atoms with Gasteiger partial charge in [-0.1, -0.05) is 29.3 Å². The second kappa shape index (κ2) is 3.86. The van der Waals surface area contributed by atoms with E-state index < -0.39 is 5.82 Å². The SMILES string of the molecule is CC(S)c1ccc(Cl)c(F)c1Cl. The standard InChI is InChI=1S/C8H7Cl2FS/c1-4(12)5-2-3-6(9)8(11)7(5)10/h2-4,12H,1H3. The van der Waals surface area contributed by atoms with Gasteiger partial charge in [-0.2, -0.15) is 12.6 Å². The lowest BCUT2D eigenvalue weighted by molar-refractivity contribution is 0.626. The van der Waals surface area contributed by atoms with E-state index in [0.717, 1.165) is 0 Å². The highest BCUT2D eigenvalue weighted by molar-refractivity contribution is 7.80. The highest BCUT2D eigenvalue weighted by atomic mass is 35.5. The van der Waals surface area contributed by atoms with Crippen LogP contribution in [0.3, 0.4) is 0 Å². The Balaban J connectivity index is 3.27. The lowest BCUT2D eigenvalue weighted by Crippen LogP contribution is -1.90. The first-order valence-electron chi connectivity index (χ1n) is 3.35. The molecule has 1 unspecified atom stereocenters. The van der Waals surface area contributed by atoms with E-state index in [-0.39, 0.29) is 15.3 Å². The monoisotopic (exact) mass is 224 g/mol. The van der Waals surface area contributed by atoms with Crippen molar-refractivity contribution in [3.63, 3.8) is 0 Å². The van der Waals surface area contributed by atoms with Crippen molar-refractivity contribution in [2.75, 3.05) is 0 Å². The molecule has 0 heterocycles. The second-order valence-electron chi connectivity index (χ2n) is 2.44. The third-order valence-electron chi connectivity index (χ3n) is 1.52. The molecule has 0 saturated carbocycles. The average Bonchev–Trinajstić information content (AvgIpc) is 2.00. The maximum absolute atomic E-state index is 13.1. The number of halogens is 3. The van der Waals surface area contributed by atoms with Crippen LogP contribution in [-0.4, -0.2) is 0 Å². The van der Waals surface area contributed by atoms with Crippen LogP contribution < -0.4 is 0 Å². The van der Waals surface area contributed by atoms with Gasteiger partial charge in [-0.25, -0.2) is 4.39 Å². The van der Waals surface area contributed by atoms with E-state index in [9.17, 15) is 4.39 Å². The smallest absolute Gasteiger partial charge is 0.160 e. The molecule has 1 rings (SSSR count). The molecule has 0 radical (unpaired) electrons. The van der Waals surface area contributed by atoms with E-state index in [1.165, 1.54) is 6.07 Å². The van der Waals surface area contributed by atoms with E-state index in [2.05, 4.69) is 12.6 Å². The zero-order valence-corrected chi connectivity index (χ0v) is 8.72. The van der Waals surface area contributed by atoms with Gasteiger partial charge in [0.2, 0.25) is 0 Å². The highest BCUT2D eigenvalue weighted by Gasteiger charge is 2.12. The molecule has 0 aromatic heterocycles. The molecular formula is C8H7Cl2FS. The van der Waals surface area contributed by atoms with Gasteiger partial charge in [-0.05, 0) is 18.6 Å². The van der Waals surface area contributed by atoms with E-state index in [1.807, 2.05) is 6.92 Å². The molecule has 0 aliphatic heterocycles. The Morgan fingerprint density at radius 1 is 1.42 bits per heavy atom. The van der Waals surface area contributed by atoms with Gasteiger partial charge < -0.3 is 0 Å². The van der Waals surface area contributed by atoms with Crippen molar-refractivity contribution in [2.24, 2.45) is 0 Å². The molecule has 0 saturated heterocycles. The van der Waals surface area contributed by atoms with Crippen molar-refractivity contribution < 1.29 is 4.39 Å². The Bertz CT molecular complexity index is 299. The molecule has 0 aliphatic carbocycles. The quantitative estimate of drug-likeness (QED) is 0.539. The lowest BCUT2D eigenvalue weighted by Gasteiger charge is -2.08. The lowest BCUT2D eigenvalue weighted by atomic mass is 10.1. The summed E-state index contributed by atoms with van der Waals surface area (Å²) in [7, 11) is 0. The number of benzene rings is 1. The minimum atomic E-state index is -0.572. The van der Waals surface area contributed by atoms with Crippen LogP contribution in [0.15, 0.2) is 12.1 Å². The molecule has 12 heavy (non-hydrogen) atoms. The fourth-order valence-corrected chi connectivity index (χ4v) is 1.69. The Kier molecular flexibility index (Phi) is 3.27. The minimum Gasteiger partial charge on any atom is -0.204 e. The molecule has 0 aliphatic rings. The molecule has 1 aromatic carbocycles. The summed E-state index contributed by atoms with van der Waals surface area (Å²) in [5, 5.41) is 0.00648. The summed E-state index contributed by atoms with van der Waals surface area (Å²) < 4.78 is 13.1. The molecule has 4 heteroatoms. The van der Waals surface area contributed by atoms with E-state index >= 15 is 0 Å². The summed E-state index contributed by atoms with van der Waals surface area (Å²) in [5.41, 5.74) is 0.655. The maximum Gasteiger partial charge on any atom is 0.160 e. The first-order valence-corrected chi connectivity index (χ1v) is 4.62. The molecule has 0 N–H and O–H groups in total. The van der Waals surface area contributed by atoms with Crippen LogP contribution in [0.5, 0.6) is 0 Å². The van der Waals surface area contributed by atoms with Gasteiger partial charge in [0, 0.05) is 5.25 Å². The van der Waals surface area contributed by atoms with Gasteiger partial charge in [-0.15, -0.1) is 0 Å². The number of hydrogen-bond acceptors (Lipinski definition) is 1. The Morgan fingerprint density at radius 3 is 2.50 bits per heavy atom. The number of hydrogen-bond donors (Lipinski definition) is 1. The fourth-order valence-electron chi connectivity index (χ4n) is 0.863. The van der Waals surface area contributed by atoms with Gasteiger partial charge in [-0.3, -0.25) is 0 Å². The normalized spacial score (nSPS) is 13.1. The van der Waals surface area contributed by atoms with Gasteiger partial charge >= 0.3 is 0 Å². The first-order chi connectivity index (χ1) is 5.54. The Labute approximate surface area is 86.1 Å². The van der Waals surface area contributed by atoms with E-state index in [0.29, 0.717) is 5.56 Å². The molecule has 66 valence electrons. The highest BCUT2D eigenvalue weighted by Crippen LogP contribution is 2.32. The van der Waals surface area contributed by atoms with Crippen LogP contribution in [-0.2, 0) is 0 Å². The van der Waals surface area contributed by atoms with Gasteiger partial charge in [0.05, 0.1) is 10.0 Å². The molecular weight excluding hydrogens is 218 g/mol. The van der Waals surface area contributed by atoms with Crippen LogP contribution in [0.2, 0.25) is 10.0 Å². The fraction of sp³-hybridized carbons (Fsp3) is 0.250. The molecule has 0 bridgehead atoms. The predicted molar refractivity (Wildman–Crippen MR) is 53.8 cm³/mol. The predicted octanol–water partition coefficient (Wildman–Crippen LogP) is 4.12. The number of rotatable bonds is 1. The molecule has 0 fully saturated rings. The van der Waals surface area contributed by atoms with Gasteiger partial charge in [0.25, 0.3) is 0 Å². The van der Waals surface area contributed by atoms with Gasteiger partial charge in [0.15, 0.2) is 5.82 Å². The van der Waals surface area contributed by atoms with Crippen LogP contribution in [0.25, 0.3) is 0 Å². The van der Waals surface area contributed by atoms with E-state index in [4.69, 9.17) is 23.2 Å². The zero-order chi connectivity index (χ0) is 9.30. The van der Waals surface area contributed by atoms with Gasteiger partial charge in [0.1, 0.15) is 0 Å². The average molecular weight is 225 g/mol. The largest absolute Gasteiger partial charge is 0.204 e. The molecule has 0 nitrogen and oxygen atoms in total. The van der Waals surface area contributed by atoms with Crippen molar-refractivity contribution in [3.8, 4) is 0 Å². The summed E-state index contributed by atoms with van der Waals surface area (Å²) in [5.74, 6) is -0.572. The van der Waals surface area contributed by atoms with Crippen LogP contribution in [0.4, 0.5) is 4.39 Å². The summed E-state index contributed by atoms with van der Waals surface area (Å²) in [6.07, 6.45) is 0.